The van der Waals surface area contributed by atoms with Crippen molar-refractivity contribution in [2.24, 2.45) is 0 Å². The third-order valence-electron chi connectivity index (χ3n) is 3.19. The van der Waals surface area contributed by atoms with E-state index in [1.165, 1.54) is 0 Å². The molecule has 0 fully saturated rings. The number of rotatable bonds is 7. The fourth-order valence-electron chi connectivity index (χ4n) is 2.00. The summed E-state index contributed by atoms with van der Waals surface area (Å²) in [4.78, 5) is 16.2. The number of nitrogens with zero attached hydrogens (tertiary/aromatic N) is 1. The van der Waals surface area contributed by atoms with Gasteiger partial charge in [-0.25, -0.2) is 0 Å². The Morgan fingerprint density at radius 3 is 2.68 bits per heavy atom. The van der Waals surface area contributed by atoms with E-state index in [-0.39, 0.29) is 5.91 Å². The van der Waals surface area contributed by atoms with Gasteiger partial charge in [-0.15, -0.1) is 0 Å². The Morgan fingerprint density at radius 1 is 1.18 bits per heavy atom. The molecule has 1 amide bonds. The molecule has 0 saturated heterocycles. The molecule has 22 heavy (non-hydrogen) atoms. The number of nitrogens with one attached hydrogen (secondary N) is 2. The van der Waals surface area contributed by atoms with Crippen LogP contribution in [0.2, 0.25) is 5.02 Å². The molecule has 0 aliphatic carbocycles. The minimum Gasteiger partial charge on any atom is -0.384 e. The number of amides is 1. The molecule has 5 heteroatoms. The summed E-state index contributed by atoms with van der Waals surface area (Å²) in [6.45, 7) is 3.53. The van der Waals surface area contributed by atoms with Gasteiger partial charge in [0.1, 0.15) is 0 Å². The minimum atomic E-state index is -0.110. The van der Waals surface area contributed by atoms with Crippen LogP contribution in [0.1, 0.15) is 29.3 Å². The molecule has 0 spiro atoms. The van der Waals surface area contributed by atoms with E-state index in [9.17, 15) is 4.79 Å². The summed E-state index contributed by atoms with van der Waals surface area (Å²) in [5, 5.41) is 6.85. The lowest BCUT2D eigenvalue weighted by Crippen LogP contribution is -2.25. The third kappa shape index (κ3) is 5.04. The van der Waals surface area contributed by atoms with E-state index in [4.69, 9.17) is 11.6 Å². The highest BCUT2D eigenvalue weighted by Gasteiger charge is 2.06. The molecule has 0 unspecified atom stereocenters. The van der Waals surface area contributed by atoms with Crippen molar-refractivity contribution < 1.29 is 4.79 Å². The van der Waals surface area contributed by atoms with Gasteiger partial charge in [0, 0.05) is 30.5 Å². The molecule has 116 valence electrons. The number of hydrogen-bond donors (Lipinski definition) is 2. The van der Waals surface area contributed by atoms with Crippen LogP contribution in [0.15, 0.2) is 42.7 Å². The van der Waals surface area contributed by atoms with E-state index >= 15 is 0 Å². The number of aromatic nitrogens is 1. The van der Waals surface area contributed by atoms with Crippen LogP contribution >= 0.6 is 11.6 Å². The van der Waals surface area contributed by atoms with Gasteiger partial charge in [0.15, 0.2) is 0 Å². The SMILES string of the molecule is CCCNc1cncc(C(=O)NCCc2ccc(Cl)cc2)c1. The van der Waals surface area contributed by atoms with Gasteiger partial charge in [0.25, 0.3) is 5.91 Å². The van der Waals surface area contributed by atoms with Gasteiger partial charge < -0.3 is 10.6 Å². The maximum absolute atomic E-state index is 12.1. The molecule has 4 nitrogen and oxygen atoms in total. The van der Waals surface area contributed by atoms with E-state index in [1.54, 1.807) is 12.4 Å². The van der Waals surface area contributed by atoms with Crippen molar-refractivity contribution in [1.82, 2.24) is 10.3 Å². The normalized spacial score (nSPS) is 10.3. The Balaban J connectivity index is 1.85. The van der Waals surface area contributed by atoms with E-state index in [2.05, 4.69) is 22.5 Å². The van der Waals surface area contributed by atoms with Crippen LogP contribution in [0.3, 0.4) is 0 Å². The third-order valence-corrected chi connectivity index (χ3v) is 3.44. The number of hydrogen-bond acceptors (Lipinski definition) is 3. The molecular weight excluding hydrogens is 298 g/mol. The highest BCUT2D eigenvalue weighted by Crippen LogP contribution is 2.10. The minimum absolute atomic E-state index is 0.110. The summed E-state index contributed by atoms with van der Waals surface area (Å²) in [5.74, 6) is -0.110. The van der Waals surface area contributed by atoms with Gasteiger partial charge in [-0.3, -0.25) is 9.78 Å². The van der Waals surface area contributed by atoms with Crippen LogP contribution in [-0.2, 0) is 6.42 Å². The quantitative estimate of drug-likeness (QED) is 0.821. The Bertz CT molecular complexity index is 614. The zero-order valence-electron chi connectivity index (χ0n) is 12.6. The molecule has 0 aliphatic heterocycles. The standard InChI is InChI=1S/C17H20ClN3O/c1-2-8-20-16-10-14(11-19-12-16)17(22)21-9-7-13-3-5-15(18)6-4-13/h3-6,10-12,20H,2,7-9H2,1H3,(H,21,22). The first-order chi connectivity index (χ1) is 10.7. The molecule has 1 aromatic heterocycles. The maximum Gasteiger partial charge on any atom is 0.252 e. The lowest BCUT2D eigenvalue weighted by atomic mass is 10.1. The zero-order valence-corrected chi connectivity index (χ0v) is 13.4. The lowest BCUT2D eigenvalue weighted by molar-refractivity contribution is 0.0954. The molecule has 0 atom stereocenters. The van der Waals surface area contributed by atoms with Crippen LogP contribution in [0, 0.1) is 0 Å². The summed E-state index contributed by atoms with van der Waals surface area (Å²) < 4.78 is 0. The van der Waals surface area contributed by atoms with Gasteiger partial charge in [0.05, 0.1) is 11.3 Å². The number of benzene rings is 1. The summed E-state index contributed by atoms with van der Waals surface area (Å²) in [6.07, 6.45) is 5.09. The van der Waals surface area contributed by atoms with E-state index < -0.39 is 0 Å². The Morgan fingerprint density at radius 2 is 1.95 bits per heavy atom. The highest BCUT2D eigenvalue weighted by molar-refractivity contribution is 6.30. The predicted molar refractivity (Wildman–Crippen MR) is 90.5 cm³/mol. The molecule has 0 radical (unpaired) electrons. The molecule has 2 rings (SSSR count). The first kappa shape index (κ1) is 16.3. The first-order valence-electron chi connectivity index (χ1n) is 7.40. The van der Waals surface area contributed by atoms with Gasteiger partial charge in [-0.2, -0.15) is 0 Å². The second kappa shape index (κ2) is 8.39. The first-order valence-corrected chi connectivity index (χ1v) is 7.78. The van der Waals surface area contributed by atoms with Crippen molar-refractivity contribution in [2.75, 3.05) is 18.4 Å². The number of halogens is 1. The average molecular weight is 318 g/mol. The van der Waals surface area contributed by atoms with E-state index in [0.29, 0.717) is 12.1 Å². The second-order valence-electron chi connectivity index (χ2n) is 5.02. The molecule has 1 aromatic carbocycles. The van der Waals surface area contributed by atoms with Crippen LogP contribution in [0.4, 0.5) is 5.69 Å². The maximum atomic E-state index is 12.1. The largest absolute Gasteiger partial charge is 0.384 e. The number of carbonyl (C=O) groups excluding carboxylic acids is 1. The fourth-order valence-corrected chi connectivity index (χ4v) is 2.13. The summed E-state index contributed by atoms with van der Waals surface area (Å²) in [6, 6.07) is 9.45. The smallest absolute Gasteiger partial charge is 0.252 e. The molecule has 1 heterocycles. The fraction of sp³-hybridized carbons (Fsp3) is 0.294. The lowest BCUT2D eigenvalue weighted by Gasteiger charge is -2.08. The Kier molecular flexibility index (Phi) is 6.22. The van der Waals surface area contributed by atoms with Crippen molar-refractivity contribution in [3.63, 3.8) is 0 Å². The van der Waals surface area contributed by atoms with E-state index in [1.807, 2.05) is 30.3 Å². The van der Waals surface area contributed by atoms with Gasteiger partial charge >= 0.3 is 0 Å². The molecule has 2 aromatic rings. The van der Waals surface area contributed by atoms with Crippen LogP contribution in [-0.4, -0.2) is 24.0 Å². The van der Waals surface area contributed by atoms with Crippen molar-refractivity contribution in [1.29, 1.82) is 0 Å². The van der Waals surface area contributed by atoms with Gasteiger partial charge in [-0.05, 0) is 36.6 Å². The molecule has 2 N–H and O–H groups in total. The van der Waals surface area contributed by atoms with Crippen LogP contribution in [0.5, 0.6) is 0 Å². The number of carbonyl (C=O) groups is 1. The van der Waals surface area contributed by atoms with Gasteiger partial charge in [0.2, 0.25) is 0 Å². The van der Waals surface area contributed by atoms with Crippen LogP contribution < -0.4 is 10.6 Å². The second-order valence-corrected chi connectivity index (χ2v) is 5.46. The van der Waals surface area contributed by atoms with Crippen molar-refractivity contribution in [3.05, 3.63) is 58.9 Å². The van der Waals surface area contributed by atoms with Crippen molar-refractivity contribution in [3.8, 4) is 0 Å². The topological polar surface area (TPSA) is 54.0 Å². The van der Waals surface area contributed by atoms with Gasteiger partial charge in [-0.1, -0.05) is 30.7 Å². The zero-order chi connectivity index (χ0) is 15.8. The van der Waals surface area contributed by atoms with E-state index in [0.717, 1.165) is 35.7 Å². The monoisotopic (exact) mass is 317 g/mol. The summed E-state index contributed by atoms with van der Waals surface area (Å²) in [7, 11) is 0. The number of anilines is 1. The molecule has 0 aliphatic rings. The molecule has 0 saturated carbocycles. The number of pyridine rings is 1. The van der Waals surface area contributed by atoms with Crippen LogP contribution in [0.25, 0.3) is 0 Å². The summed E-state index contributed by atoms with van der Waals surface area (Å²) in [5.41, 5.74) is 2.57. The Hall–Kier alpha value is -2.07. The molecule has 0 bridgehead atoms. The predicted octanol–water partition coefficient (Wildman–Crippen LogP) is 3.53. The molecular formula is C17H20ClN3O. The van der Waals surface area contributed by atoms with Crippen molar-refractivity contribution >= 4 is 23.2 Å². The highest BCUT2D eigenvalue weighted by atomic mass is 35.5. The Labute approximate surface area is 135 Å². The van der Waals surface area contributed by atoms with Crippen molar-refractivity contribution in [2.45, 2.75) is 19.8 Å². The average Bonchev–Trinajstić information content (AvgIpc) is 2.55. The summed E-state index contributed by atoms with van der Waals surface area (Å²) >= 11 is 5.84.